The molecule has 1 aliphatic carbocycles. The number of hydrogen-bond acceptors (Lipinski definition) is 4. The van der Waals surface area contributed by atoms with Gasteiger partial charge in [0.15, 0.2) is 5.82 Å². The van der Waals surface area contributed by atoms with E-state index >= 15 is 0 Å². The Kier molecular flexibility index (Phi) is 2.79. The van der Waals surface area contributed by atoms with Crippen molar-refractivity contribution in [1.82, 2.24) is 30.5 Å². The van der Waals surface area contributed by atoms with E-state index in [0.29, 0.717) is 17.6 Å². The van der Waals surface area contributed by atoms with Crippen LogP contribution in [-0.2, 0) is 6.54 Å². The van der Waals surface area contributed by atoms with E-state index in [4.69, 9.17) is 0 Å². The van der Waals surface area contributed by atoms with E-state index in [0.717, 1.165) is 12.8 Å². The van der Waals surface area contributed by atoms with Gasteiger partial charge in [0.25, 0.3) is 5.91 Å². The molecule has 0 unspecified atom stereocenters. The molecule has 0 aromatic carbocycles. The molecule has 94 valence electrons. The van der Waals surface area contributed by atoms with E-state index in [1.807, 2.05) is 18.3 Å². The van der Waals surface area contributed by atoms with Gasteiger partial charge in [0.2, 0.25) is 0 Å². The van der Waals surface area contributed by atoms with Gasteiger partial charge >= 0.3 is 0 Å². The van der Waals surface area contributed by atoms with Crippen molar-refractivity contribution >= 4 is 5.91 Å². The number of aromatic nitrogens is 5. The molecule has 0 spiro atoms. The van der Waals surface area contributed by atoms with Crippen LogP contribution in [0.1, 0.15) is 41.6 Å². The second-order valence-corrected chi connectivity index (χ2v) is 4.40. The van der Waals surface area contributed by atoms with E-state index in [9.17, 15) is 4.79 Å². The van der Waals surface area contributed by atoms with Gasteiger partial charge in [0.1, 0.15) is 5.69 Å². The predicted octanol–water partition coefficient (Wildman–Crippen LogP) is 0.656. The van der Waals surface area contributed by atoms with Gasteiger partial charge in [0, 0.05) is 12.2 Å². The van der Waals surface area contributed by atoms with E-state index in [2.05, 4.69) is 30.5 Å². The molecule has 2 aromatic heterocycles. The van der Waals surface area contributed by atoms with Gasteiger partial charge < -0.3 is 9.88 Å². The SMILES string of the molecule is O=C(NCc1nn[nH]n1)c1cccn1C1CCC1. The van der Waals surface area contributed by atoms with Gasteiger partial charge in [0.05, 0.1) is 6.54 Å². The summed E-state index contributed by atoms with van der Waals surface area (Å²) in [6.45, 7) is 0.283. The lowest BCUT2D eigenvalue weighted by Crippen LogP contribution is -2.28. The lowest BCUT2D eigenvalue weighted by molar-refractivity contribution is 0.0934. The molecule has 0 atom stereocenters. The van der Waals surface area contributed by atoms with Crippen molar-refractivity contribution in [3.63, 3.8) is 0 Å². The highest BCUT2D eigenvalue weighted by Gasteiger charge is 2.23. The summed E-state index contributed by atoms with van der Waals surface area (Å²) < 4.78 is 2.05. The van der Waals surface area contributed by atoms with Crippen LogP contribution in [-0.4, -0.2) is 31.1 Å². The third kappa shape index (κ3) is 1.99. The summed E-state index contributed by atoms with van der Waals surface area (Å²) in [4.78, 5) is 12.0. The zero-order valence-corrected chi connectivity index (χ0v) is 9.83. The monoisotopic (exact) mass is 246 g/mol. The van der Waals surface area contributed by atoms with Crippen LogP contribution in [0.25, 0.3) is 0 Å². The maximum absolute atomic E-state index is 12.0. The van der Waals surface area contributed by atoms with Crippen molar-refractivity contribution in [2.24, 2.45) is 0 Å². The average Bonchev–Trinajstić information content (AvgIpc) is 2.94. The van der Waals surface area contributed by atoms with Crippen LogP contribution < -0.4 is 5.32 Å². The lowest BCUT2D eigenvalue weighted by Gasteiger charge is -2.28. The number of H-pyrrole nitrogens is 1. The highest BCUT2D eigenvalue weighted by atomic mass is 16.1. The van der Waals surface area contributed by atoms with Crippen LogP contribution in [0.15, 0.2) is 18.3 Å². The molecule has 0 aliphatic heterocycles. The molecular formula is C11H14N6O. The van der Waals surface area contributed by atoms with E-state index in [1.54, 1.807) is 0 Å². The van der Waals surface area contributed by atoms with Crippen LogP contribution in [0.3, 0.4) is 0 Å². The summed E-state index contributed by atoms with van der Waals surface area (Å²) in [5, 5.41) is 16.1. The Hall–Kier alpha value is -2.18. The highest BCUT2D eigenvalue weighted by Crippen LogP contribution is 2.32. The molecule has 1 fully saturated rings. The molecule has 18 heavy (non-hydrogen) atoms. The molecule has 0 bridgehead atoms. The molecule has 2 aromatic rings. The van der Waals surface area contributed by atoms with Crippen molar-refractivity contribution in [2.75, 3.05) is 0 Å². The number of aromatic amines is 1. The Morgan fingerprint density at radius 1 is 1.56 bits per heavy atom. The van der Waals surface area contributed by atoms with Crippen molar-refractivity contribution in [2.45, 2.75) is 31.8 Å². The number of nitrogens with one attached hydrogen (secondary N) is 2. The third-order valence-electron chi connectivity index (χ3n) is 3.28. The van der Waals surface area contributed by atoms with E-state index < -0.39 is 0 Å². The quantitative estimate of drug-likeness (QED) is 0.829. The summed E-state index contributed by atoms with van der Waals surface area (Å²) in [6.07, 6.45) is 5.51. The molecule has 0 saturated heterocycles. The first-order valence-corrected chi connectivity index (χ1v) is 6.02. The van der Waals surface area contributed by atoms with Gasteiger partial charge in [-0.2, -0.15) is 5.21 Å². The van der Waals surface area contributed by atoms with Crippen LogP contribution in [0.2, 0.25) is 0 Å². The number of hydrogen-bond donors (Lipinski definition) is 2. The molecule has 1 aliphatic rings. The Morgan fingerprint density at radius 2 is 2.44 bits per heavy atom. The molecule has 2 N–H and O–H groups in total. The standard InChI is InChI=1S/C11H14N6O/c18-11(12-7-10-13-15-16-14-10)9-5-2-6-17(9)8-3-1-4-8/h2,5-6,8H,1,3-4,7H2,(H,12,18)(H,13,14,15,16). The molecule has 1 saturated carbocycles. The minimum absolute atomic E-state index is 0.100. The lowest BCUT2D eigenvalue weighted by atomic mass is 9.93. The van der Waals surface area contributed by atoms with Gasteiger partial charge in [-0.1, -0.05) is 5.21 Å². The number of amides is 1. The van der Waals surface area contributed by atoms with Gasteiger partial charge in [-0.25, -0.2) is 0 Å². The first-order valence-electron chi connectivity index (χ1n) is 6.02. The summed E-state index contributed by atoms with van der Waals surface area (Å²) in [7, 11) is 0. The van der Waals surface area contributed by atoms with Crippen LogP contribution >= 0.6 is 0 Å². The fourth-order valence-corrected chi connectivity index (χ4v) is 2.08. The van der Waals surface area contributed by atoms with Gasteiger partial charge in [-0.15, -0.1) is 10.2 Å². The summed E-state index contributed by atoms with van der Waals surface area (Å²) in [5.41, 5.74) is 0.697. The van der Waals surface area contributed by atoms with Crippen molar-refractivity contribution in [3.8, 4) is 0 Å². The summed E-state index contributed by atoms with van der Waals surface area (Å²) in [5.74, 6) is 0.377. The normalized spacial score (nSPS) is 15.3. The molecule has 1 amide bonds. The number of nitrogens with zero attached hydrogens (tertiary/aromatic N) is 4. The Labute approximate surface area is 104 Å². The minimum Gasteiger partial charge on any atom is -0.343 e. The molecule has 3 rings (SSSR count). The molecule has 0 radical (unpaired) electrons. The average molecular weight is 246 g/mol. The molecule has 7 heteroatoms. The predicted molar refractivity (Wildman–Crippen MR) is 62.7 cm³/mol. The van der Waals surface area contributed by atoms with Crippen LogP contribution in [0.4, 0.5) is 0 Å². The third-order valence-corrected chi connectivity index (χ3v) is 3.28. The zero-order chi connectivity index (χ0) is 12.4. The van der Waals surface area contributed by atoms with Crippen LogP contribution in [0, 0.1) is 0 Å². The minimum atomic E-state index is -0.100. The Balaban J connectivity index is 1.66. The van der Waals surface area contributed by atoms with Crippen molar-refractivity contribution in [1.29, 1.82) is 0 Å². The number of carbonyl (C=O) groups is 1. The molecular weight excluding hydrogens is 232 g/mol. The van der Waals surface area contributed by atoms with Crippen molar-refractivity contribution in [3.05, 3.63) is 29.8 Å². The Morgan fingerprint density at radius 3 is 3.11 bits per heavy atom. The maximum atomic E-state index is 12.0. The number of tetrazole rings is 1. The fraction of sp³-hybridized carbons (Fsp3) is 0.455. The van der Waals surface area contributed by atoms with Crippen molar-refractivity contribution < 1.29 is 4.79 Å². The highest BCUT2D eigenvalue weighted by molar-refractivity contribution is 5.92. The number of rotatable bonds is 4. The fourth-order valence-electron chi connectivity index (χ4n) is 2.08. The number of carbonyl (C=O) groups excluding carboxylic acids is 1. The van der Waals surface area contributed by atoms with Gasteiger partial charge in [-0.3, -0.25) is 4.79 Å². The summed E-state index contributed by atoms with van der Waals surface area (Å²) >= 11 is 0. The summed E-state index contributed by atoms with van der Waals surface area (Å²) in [6, 6.07) is 4.22. The zero-order valence-electron chi connectivity index (χ0n) is 9.83. The largest absolute Gasteiger partial charge is 0.343 e. The second-order valence-electron chi connectivity index (χ2n) is 4.40. The maximum Gasteiger partial charge on any atom is 0.268 e. The molecule has 2 heterocycles. The first kappa shape index (κ1) is 10.9. The first-order chi connectivity index (χ1) is 8.84. The topological polar surface area (TPSA) is 88.5 Å². The second kappa shape index (κ2) is 4.59. The van der Waals surface area contributed by atoms with E-state index in [-0.39, 0.29) is 12.5 Å². The smallest absolute Gasteiger partial charge is 0.268 e. The van der Waals surface area contributed by atoms with E-state index in [1.165, 1.54) is 6.42 Å². The van der Waals surface area contributed by atoms with Gasteiger partial charge in [-0.05, 0) is 31.4 Å². The Bertz CT molecular complexity index is 527. The molecule has 7 nitrogen and oxygen atoms in total. The van der Waals surface area contributed by atoms with Crippen LogP contribution in [0.5, 0.6) is 0 Å².